The second-order valence-electron chi connectivity index (χ2n) is 5.16. The van der Waals surface area contributed by atoms with Gasteiger partial charge in [-0.05, 0) is 27.7 Å². The molecule has 1 fully saturated rings. The molecule has 1 rings (SSSR count). The van der Waals surface area contributed by atoms with Crippen LogP contribution in [0.3, 0.4) is 0 Å². The highest BCUT2D eigenvalue weighted by Gasteiger charge is 2.49. The lowest BCUT2D eigenvalue weighted by Gasteiger charge is -2.19. The quantitative estimate of drug-likeness (QED) is 0.413. The van der Waals surface area contributed by atoms with Crippen molar-refractivity contribution in [2.24, 2.45) is 0 Å². The van der Waals surface area contributed by atoms with E-state index in [1.165, 1.54) is 0 Å². The highest BCUT2D eigenvalue weighted by molar-refractivity contribution is 6.11. The minimum Gasteiger partial charge on any atom is -0.458 e. The van der Waals surface area contributed by atoms with Gasteiger partial charge in [-0.1, -0.05) is 12.7 Å². The zero-order valence-electron chi connectivity index (χ0n) is 10.5. The Kier molecular flexibility index (Phi) is 4.02. The third kappa shape index (κ3) is 4.14. The number of carbonyl (C=O) groups is 1. The Hall–Kier alpha value is -0.545. The molecule has 0 amide bonds. The minimum absolute atomic E-state index is 0.0940. The van der Waals surface area contributed by atoms with E-state index >= 15 is 0 Å². The standard InChI is InChI=1S/C11H19BO4/c1-6(12)7(2)14-10-8(15-10)9(13)16-11(3,4)5/h6-8,10H,1-5H3. The Balaban J connectivity index is 2.31. The van der Waals surface area contributed by atoms with Gasteiger partial charge in [0, 0.05) is 0 Å². The van der Waals surface area contributed by atoms with Crippen LogP contribution in [0.1, 0.15) is 34.6 Å². The first-order chi connectivity index (χ1) is 7.20. The number of hydrogen-bond donors (Lipinski definition) is 0. The molecule has 0 spiro atoms. The van der Waals surface area contributed by atoms with E-state index in [9.17, 15) is 4.79 Å². The molecule has 1 aliphatic rings. The average molecular weight is 226 g/mol. The van der Waals surface area contributed by atoms with Gasteiger partial charge >= 0.3 is 5.97 Å². The van der Waals surface area contributed by atoms with Crippen LogP contribution < -0.4 is 0 Å². The van der Waals surface area contributed by atoms with Crippen molar-refractivity contribution in [2.75, 3.05) is 0 Å². The summed E-state index contributed by atoms with van der Waals surface area (Å²) in [5.74, 6) is -0.474. The summed E-state index contributed by atoms with van der Waals surface area (Å²) in [5, 5.41) is 0. The number of ether oxygens (including phenoxy) is 3. The predicted molar refractivity (Wildman–Crippen MR) is 60.2 cm³/mol. The van der Waals surface area contributed by atoms with Crippen molar-refractivity contribution in [2.45, 2.75) is 64.5 Å². The largest absolute Gasteiger partial charge is 0.458 e. The molecule has 1 heterocycles. The van der Waals surface area contributed by atoms with Gasteiger partial charge < -0.3 is 14.2 Å². The summed E-state index contributed by atoms with van der Waals surface area (Å²) in [5.41, 5.74) is -0.500. The molecule has 2 radical (unpaired) electrons. The van der Waals surface area contributed by atoms with Crippen LogP contribution in [0.25, 0.3) is 0 Å². The topological polar surface area (TPSA) is 48.1 Å². The van der Waals surface area contributed by atoms with Crippen molar-refractivity contribution in [1.82, 2.24) is 0 Å². The molecule has 0 bridgehead atoms. The SMILES string of the molecule is [B]C(C)C(C)OC1OC1C(=O)OC(C)(C)C. The zero-order valence-corrected chi connectivity index (χ0v) is 10.5. The Labute approximate surface area is 98.0 Å². The lowest BCUT2D eigenvalue weighted by atomic mass is 9.85. The zero-order chi connectivity index (χ0) is 12.5. The molecule has 0 aromatic heterocycles. The first-order valence-corrected chi connectivity index (χ1v) is 5.50. The van der Waals surface area contributed by atoms with Crippen LogP contribution in [0, 0.1) is 0 Å². The van der Waals surface area contributed by atoms with E-state index in [2.05, 4.69) is 0 Å². The van der Waals surface area contributed by atoms with Crippen LogP contribution in [-0.2, 0) is 19.0 Å². The minimum atomic E-state index is -0.597. The summed E-state index contributed by atoms with van der Waals surface area (Å²) in [6, 6.07) is 0. The van der Waals surface area contributed by atoms with Crippen LogP contribution in [0.2, 0.25) is 5.82 Å². The molecule has 0 aromatic carbocycles. The summed E-state index contributed by atoms with van der Waals surface area (Å²) < 4.78 is 15.7. The maximum Gasteiger partial charge on any atom is 0.341 e. The Bertz CT molecular complexity index is 259. The van der Waals surface area contributed by atoms with Crippen LogP contribution in [0.15, 0.2) is 0 Å². The summed E-state index contributed by atoms with van der Waals surface area (Å²) in [7, 11) is 5.64. The molecule has 0 aromatic rings. The van der Waals surface area contributed by atoms with Crippen LogP contribution in [0.5, 0.6) is 0 Å². The van der Waals surface area contributed by atoms with Crippen LogP contribution in [-0.4, -0.2) is 37.9 Å². The van der Waals surface area contributed by atoms with E-state index in [0.717, 1.165) is 0 Å². The molecule has 0 aliphatic carbocycles. The molecule has 4 nitrogen and oxygen atoms in total. The number of carbonyl (C=O) groups excluding carboxylic acids is 1. The van der Waals surface area contributed by atoms with Crippen molar-refractivity contribution < 1.29 is 19.0 Å². The lowest BCUT2D eigenvalue weighted by Crippen LogP contribution is -2.28. The molecular weight excluding hydrogens is 207 g/mol. The second-order valence-corrected chi connectivity index (χ2v) is 5.16. The van der Waals surface area contributed by atoms with Gasteiger partial charge in [-0.2, -0.15) is 0 Å². The van der Waals surface area contributed by atoms with E-state index in [4.69, 9.17) is 22.1 Å². The predicted octanol–water partition coefficient (Wildman–Crippen LogP) is 1.43. The summed E-state index contributed by atoms with van der Waals surface area (Å²) in [6.07, 6.45) is -1.24. The van der Waals surface area contributed by atoms with Gasteiger partial charge in [0.15, 0.2) is 6.29 Å². The fourth-order valence-corrected chi connectivity index (χ4v) is 1.06. The van der Waals surface area contributed by atoms with E-state index < -0.39 is 18.0 Å². The molecule has 4 atom stereocenters. The van der Waals surface area contributed by atoms with Crippen molar-refractivity contribution in [3.63, 3.8) is 0 Å². The molecule has 90 valence electrons. The molecule has 1 aliphatic heterocycles. The Morgan fingerprint density at radius 3 is 2.38 bits per heavy atom. The molecule has 0 saturated carbocycles. The Morgan fingerprint density at radius 2 is 1.94 bits per heavy atom. The maximum absolute atomic E-state index is 11.5. The van der Waals surface area contributed by atoms with Gasteiger partial charge in [0.2, 0.25) is 6.10 Å². The average Bonchev–Trinajstić information content (AvgIpc) is 2.80. The third-order valence-electron chi connectivity index (χ3n) is 2.18. The van der Waals surface area contributed by atoms with Gasteiger partial charge in [-0.25, -0.2) is 4.79 Å². The number of esters is 1. The normalized spacial score (nSPS) is 28.3. The monoisotopic (exact) mass is 226 g/mol. The van der Waals surface area contributed by atoms with Gasteiger partial charge in [0.25, 0.3) is 0 Å². The van der Waals surface area contributed by atoms with Gasteiger partial charge in [-0.15, -0.1) is 0 Å². The fraction of sp³-hybridized carbons (Fsp3) is 0.909. The molecule has 16 heavy (non-hydrogen) atoms. The summed E-state index contributed by atoms with van der Waals surface area (Å²) in [6.45, 7) is 9.13. The van der Waals surface area contributed by atoms with E-state index in [1.54, 1.807) is 0 Å². The van der Waals surface area contributed by atoms with E-state index in [0.29, 0.717) is 0 Å². The highest BCUT2D eigenvalue weighted by atomic mass is 16.8. The summed E-state index contributed by atoms with van der Waals surface area (Å²) >= 11 is 0. The van der Waals surface area contributed by atoms with Crippen molar-refractivity contribution in [1.29, 1.82) is 0 Å². The molecule has 1 saturated heterocycles. The number of hydrogen-bond acceptors (Lipinski definition) is 4. The number of rotatable bonds is 4. The smallest absolute Gasteiger partial charge is 0.341 e. The third-order valence-corrected chi connectivity index (χ3v) is 2.18. The molecule has 4 unspecified atom stereocenters. The Morgan fingerprint density at radius 1 is 1.38 bits per heavy atom. The van der Waals surface area contributed by atoms with Crippen molar-refractivity contribution in [3.05, 3.63) is 0 Å². The van der Waals surface area contributed by atoms with Crippen LogP contribution in [0.4, 0.5) is 0 Å². The van der Waals surface area contributed by atoms with Crippen molar-refractivity contribution >= 4 is 13.8 Å². The molecular formula is C11H19BO4. The first-order valence-electron chi connectivity index (χ1n) is 5.50. The molecule has 5 heteroatoms. The molecule has 0 N–H and O–H groups in total. The van der Waals surface area contributed by atoms with E-state index in [1.807, 2.05) is 34.6 Å². The fourth-order valence-electron chi connectivity index (χ4n) is 1.06. The second kappa shape index (κ2) is 4.76. The number of epoxide rings is 1. The maximum atomic E-state index is 11.5. The summed E-state index contributed by atoms with van der Waals surface area (Å²) in [4.78, 5) is 11.5. The van der Waals surface area contributed by atoms with Gasteiger partial charge in [0.05, 0.1) is 14.0 Å². The first kappa shape index (κ1) is 13.5. The van der Waals surface area contributed by atoms with Crippen LogP contribution >= 0.6 is 0 Å². The van der Waals surface area contributed by atoms with Gasteiger partial charge in [-0.3, -0.25) is 0 Å². The highest BCUT2D eigenvalue weighted by Crippen LogP contribution is 2.29. The lowest BCUT2D eigenvalue weighted by molar-refractivity contribution is -0.156. The van der Waals surface area contributed by atoms with E-state index in [-0.39, 0.29) is 17.9 Å². The van der Waals surface area contributed by atoms with Crippen molar-refractivity contribution in [3.8, 4) is 0 Å². The van der Waals surface area contributed by atoms with Gasteiger partial charge in [0.1, 0.15) is 5.60 Å².